The van der Waals surface area contributed by atoms with Gasteiger partial charge in [0.15, 0.2) is 0 Å². The number of carbonyl (C=O) groups is 1. The van der Waals surface area contributed by atoms with Gasteiger partial charge in [-0.25, -0.2) is 4.79 Å². The molecule has 1 aromatic heterocycles. The van der Waals surface area contributed by atoms with Crippen LogP contribution in [0.1, 0.15) is 26.5 Å². The van der Waals surface area contributed by atoms with E-state index in [1.807, 2.05) is 52.0 Å². The number of nitrogens with zero attached hydrogens (tertiary/aromatic N) is 2. The molecule has 17 heavy (non-hydrogen) atoms. The summed E-state index contributed by atoms with van der Waals surface area (Å²) in [5, 5.41) is 5.21. The van der Waals surface area contributed by atoms with E-state index < -0.39 is 5.41 Å². The lowest BCUT2D eigenvalue weighted by Gasteiger charge is -2.15. The summed E-state index contributed by atoms with van der Waals surface area (Å²) in [5.74, 6) is -0.300. The molecule has 0 spiro atoms. The molecule has 1 aromatic carbocycles. The first-order valence-corrected chi connectivity index (χ1v) is 5.57. The van der Waals surface area contributed by atoms with Gasteiger partial charge >= 0.3 is 5.97 Å². The molecular formula is C13H16N2O2. The molecule has 0 saturated heterocycles. The molecule has 0 bridgehead atoms. The number of fused-ring (bicyclic) bond motifs is 1. The van der Waals surface area contributed by atoms with Crippen molar-refractivity contribution in [3.05, 3.63) is 30.0 Å². The van der Waals surface area contributed by atoms with Gasteiger partial charge < -0.3 is 4.84 Å². The van der Waals surface area contributed by atoms with Gasteiger partial charge in [0.2, 0.25) is 0 Å². The lowest BCUT2D eigenvalue weighted by atomic mass is 9.98. The van der Waals surface area contributed by atoms with Gasteiger partial charge in [-0.3, -0.25) is 0 Å². The van der Waals surface area contributed by atoms with E-state index in [0.29, 0.717) is 0 Å². The van der Waals surface area contributed by atoms with E-state index in [1.54, 1.807) is 0 Å². The molecular weight excluding hydrogens is 216 g/mol. The smallest absolute Gasteiger partial charge is 0.318 e. The van der Waals surface area contributed by atoms with Crippen molar-refractivity contribution in [3.8, 4) is 0 Å². The topological polar surface area (TPSA) is 44.1 Å². The van der Waals surface area contributed by atoms with E-state index in [4.69, 9.17) is 4.84 Å². The summed E-state index contributed by atoms with van der Waals surface area (Å²) in [6.45, 7) is 7.33. The number of aromatic nitrogens is 2. The van der Waals surface area contributed by atoms with Crippen LogP contribution < -0.4 is 4.84 Å². The normalized spacial score (nSPS) is 11.8. The SMILES string of the molecule is Cc1nn(OC(=O)C(C)(C)C)c2ccccc12. The van der Waals surface area contributed by atoms with E-state index in [2.05, 4.69) is 5.10 Å². The minimum absolute atomic E-state index is 0.300. The molecule has 4 heteroatoms. The van der Waals surface area contributed by atoms with Crippen molar-refractivity contribution in [1.29, 1.82) is 0 Å². The largest absolute Gasteiger partial charge is 0.340 e. The molecule has 2 aromatic rings. The third kappa shape index (κ3) is 2.16. The molecule has 0 N–H and O–H groups in total. The summed E-state index contributed by atoms with van der Waals surface area (Å²) < 4.78 is 0. The van der Waals surface area contributed by atoms with Crippen LogP contribution in [0.3, 0.4) is 0 Å². The van der Waals surface area contributed by atoms with Gasteiger partial charge in [0.25, 0.3) is 0 Å². The van der Waals surface area contributed by atoms with E-state index in [0.717, 1.165) is 16.6 Å². The van der Waals surface area contributed by atoms with Gasteiger partial charge in [-0.05, 0) is 33.8 Å². The number of para-hydroxylation sites is 1. The predicted octanol–water partition coefficient (Wildman–Crippen LogP) is 2.35. The number of rotatable bonds is 1. The van der Waals surface area contributed by atoms with Crippen LogP contribution in [0.2, 0.25) is 0 Å². The van der Waals surface area contributed by atoms with Gasteiger partial charge in [0.1, 0.15) is 5.52 Å². The molecule has 0 atom stereocenters. The maximum absolute atomic E-state index is 11.8. The van der Waals surface area contributed by atoms with E-state index >= 15 is 0 Å². The minimum Gasteiger partial charge on any atom is -0.318 e. The Hall–Kier alpha value is -1.84. The Morgan fingerprint density at radius 1 is 1.29 bits per heavy atom. The molecule has 0 radical (unpaired) electrons. The minimum atomic E-state index is -0.541. The first-order valence-electron chi connectivity index (χ1n) is 5.57. The Balaban J connectivity index is 2.41. The molecule has 0 aliphatic carbocycles. The quantitative estimate of drug-likeness (QED) is 0.758. The maximum Gasteiger partial charge on any atom is 0.340 e. The highest BCUT2D eigenvalue weighted by Gasteiger charge is 2.25. The van der Waals surface area contributed by atoms with Crippen molar-refractivity contribution in [2.24, 2.45) is 5.41 Å². The monoisotopic (exact) mass is 232 g/mol. The Labute approximate surface area is 100 Å². The average Bonchev–Trinajstić information content (AvgIpc) is 2.56. The van der Waals surface area contributed by atoms with Crippen molar-refractivity contribution in [1.82, 2.24) is 9.94 Å². The summed E-state index contributed by atoms with van der Waals surface area (Å²) in [7, 11) is 0. The number of benzene rings is 1. The summed E-state index contributed by atoms with van der Waals surface area (Å²) in [4.78, 5) is 18.4. The average molecular weight is 232 g/mol. The van der Waals surface area contributed by atoms with Crippen LogP contribution >= 0.6 is 0 Å². The molecule has 0 amide bonds. The van der Waals surface area contributed by atoms with Crippen LogP contribution in [0.5, 0.6) is 0 Å². The standard InChI is InChI=1S/C13H16N2O2/c1-9-10-7-5-6-8-11(10)15(14-9)17-12(16)13(2,3)4/h5-8H,1-4H3. The molecule has 1 heterocycles. The Kier molecular flexibility index (Phi) is 2.65. The van der Waals surface area contributed by atoms with Gasteiger partial charge in [-0.1, -0.05) is 23.0 Å². The molecule has 0 saturated carbocycles. The lowest BCUT2D eigenvalue weighted by Crippen LogP contribution is -2.31. The highest BCUT2D eigenvalue weighted by atomic mass is 16.7. The molecule has 0 aliphatic heterocycles. The second-order valence-electron chi connectivity index (χ2n) is 5.10. The zero-order valence-corrected chi connectivity index (χ0v) is 10.5. The zero-order valence-electron chi connectivity index (χ0n) is 10.5. The zero-order chi connectivity index (χ0) is 12.6. The third-order valence-corrected chi connectivity index (χ3v) is 2.52. The van der Waals surface area contributed by atoms with Crippen LogP contribution in [0, 0.1) is 12.3 Å². The molecule has 90 valence electrons. The van der Waals surface area contributed by atoms with Crippen molar-refractivity contribution >= 4 is 16.9 Å². The van der Waals surface area contributed by atoms with E-state index in [-0.39, 0.29) is 5.97 Å². The van der Waals surface area contributed by atoms with Crippen molar-refractivity contribution in [2.45, 2.75) is 27.7 Å². The lowest BCUT2D eigenvalue weighted by molar-refractivity contribution is -0.154. The number of hydrogen-bond donors (Lipinski definition) is 0. The molecule has 2 rings (SSSR count). The summed E-state index contributed by atoms with van der Waals surface area (Å²) in [6.07, 6.45) is 0. The van der Waals surface area contributed by atoms with Gasteiger partial charge in [-0.15, -0.1) is 5.10 Å². The summed E-state index contributed by atoms with van der Waals surface area (Å²) >= 11 is 0. The fourth-order valence-electron chi connectivity index (χ4n) is 1.48. The van der Waals surface area contributed by atoms with Crippen LogP contribution in [-0.4, -0.2) is 15.9 Å². The Morgan fingerprint density at radius 3 is 2.59 bits per heavy atom. The highest BCUT2D eigenvalue weighted by molar-refractivity contribution is 5.82. The molecule has 0 fully saturated rings. The second kappa shape index (κ2) is 3.87. The molecule has 0 aliphatic rings. The van der Waals surface area contributed by atoms with Gasteiger partial charge in [0, 0.05) is 5.39 Å². The predicted molar refractivity (Wildman–Crippen MR) is 65.5 cm³/mol. The second-order valence-corrected chi connectivity index (χ2v) is 5.10. The van der Waals surface area contributed by atoms with E-state index in [1.165, 1.54) is 4.85 Å². The fraction of sp³-hybridized carbons (Fsp3) is 0.385. The van der Waals surface area contributed by atoms with Gasteiger partial charge in [0.05, 0.1) is 11.1 Å². The van der Waals surface area contributed by atoms with Gasteiger partial charge in [-0.2, -0.15) is 0 Å². The van der Waals surface area contributed by atoms with Crippen LogP contribution in [-0.2, 0) is 4.79 Å². The summed E-state index contributed by atoms with van der Waals surface area (Å²) in [6, 6.07) is 7.67. The van der Waals surface area contributed by atoms with Crippen molar-refractivity contribution in [2.75, 3.05) is 0 Å². The number of aryl methyl sites for hydroxylation is 1. The number of hydrogen-bond acceptors (Lipinski definition) is 3. The van der Waals surface area contributed by atoms with E-state index in [9.17, 15) is 4.79 Å². The van der Waals surface area contributed by atoms with Crippen LogP contribution in [0.4, 0.5) is 0 Å². The van der Waals surface area contributed by atoms with Crippen molar-refractivity contribution in [3.63, 3.8) is 0 Å². The Bertz CT molecular complexity index is 564. The highest BCUT2D eigenvalue weighted by Crippen LogP contribution is 2.18. The Morgan fingerprint density at radius 2 is 1.94 bits per heavy atom. The molecule has 4 nitrogen and oxygen atoms in total. The first kappa shape index (κ1) is 11.6. The fourth-order valence-corrected chi connectivity index (χ4v) is 1.48. The third-order valence-electron chi connectivity index (χ3n) is 2.52. The van der Waals surface area contributed by atoms with Crippen LogP contribution in [0.15, 0.2) is 24.3 Å². The first-order chi connectivity index (χ1) is 7.89. The van der Waals surface area contributed by atoms with Crippen LogP contribution in [0.25, 0.3) is 10.9 Å². The summed E-state index contributed by atoms with van der Waals surface area (Å²) in [5.41, 5.74) is 1.12. The molecule has 0 unspecified atom stereocenters. The number of carbonyl (C=O) groups excluding carboxylic acids is 1. The maximum atomic E-state index is 11.8. The van der Waals surface area contributed by atoms with Crippen molar-refractivity contribution < 1.29 is 9.63 Å².